The Balaban J connectivity index is 2.20. The fraction of sp³-hybridized carbons (Fsp3) is 0.0714. The molecule has 0 aliphatic rings. The first-order chi connectivity index (χ1) is 9.08. The van der Waals surface area contributed by atoms with Crippen LogP contribution in [-0.2, 0) is 6.54 Å². The third-order valence-corrected chi connectivity index (χ3v) is 3.13. The Morgan fingerprint density at radius 1 is 1.26 bits per heavy atom. The average Bonchev–Trinajstić information content (AvgIpc) is 2.38. The summed E-state index contributed by atoms with van der Waals surface area (Å²) in [6.07, 6.45) is 0. The zero-order valence-electron chi connectivity index (χ0n) is 9.99. The number of hydrogen-bond acceptors (Lipinski definition) is 2. The van der Waals surface area contributed by atoms with Gasteiger partial charge in [-0.1, -0.05) is 42.0 Å². The number of benzene rings is 2. The quantitative estimate of drug-likeness (QED) is 0.844. The van der Waals surface area contributed by atoms with Crippen molar-refractivity contribution in [2.75, 3.05) is 5.32 Å². The lowest BCUT2D eigenvalue weighted by atomic mass is 10.1. The summed E-state index contributed by atoms with van der Waals surface area (Å²) < 4.78 is 13.5. The van der Waals surface area contributed by atoms with Crippen LogP contribution in [0.1, 0.15) is 11.1 Å². The molecule has 0 bridgehead atoms. The van der Waals surface area contributed by atoms with E-state index in [2.05, 4.69) is 5.32 Å². The van der Waals surface area contributed by atoms with Gasteiger partial charge in [-0.05, 0) is 24.3 Å². The van der Waals surface area contributed by atoms with Crippen LogP contribution in [0.25, 0.3) is 0 Å². The van der Waals surface area contributed by atoms with Gasteiger partial charge in [0.2, 0.25) is 0 Å². The van der Waals surface area contributed by atoms with Crippen molar-refractivity contribution in [2.24, 2.45) is 5.73 Å². The molecule has 98 valence electrons. The molecule has 0 unspecified atom stereocenters. The third-order valence-electron chi connectivity index (χ3n) is 2.67. The zero-order valence-corrected chi connectivity index (χ0v) is 11.6. The summed E-state index contributed by atoms with van der Waals surface area (Å²) in [5.74, 6) is -0.249. The van der Waals surface area contributed by atoms with E-state index in [-0.39, 0.29) is 10.8 Å². The highest BCUT2D eigenvalue weighted by Gasteiger charge is 2.07. The number of halogens is 2. The van der Waals surface area contributed by atoms with E-state index in [1.807, 2.05) is 0 Å². The second kappa shape index (κ2) is 5.99. The van der Waals surface area contributed by atoms with Gasteiger partial charge in [-0.3, -0.25) is 0 Å². The van der Waals surface area contributed by atoms with E-state index < -0.39 is 0 Å². The minimum absolute atomic E-state index is 0.249. The van der Waals surface area contributed by atoms with Crippen molar-refractivity contribution in [3.05, 3.63) is 64.4 Å². The van der Waals surface area contributed by atoms with Crippen molar-refractivity contribution >= 4 is 34.5 Å². The van der Waals surface area contributed by atoms with Crippen LogP contribution >= 0.6 is 23.8 Å². The van der Waals surface area contributed by atoms with Crippen molar-refractivity contribution < 1.29 is 4.39 Å². The SMILES string of the molecule is NC(=S)c1cc(Cl)ccc1NCc1ccccc1F. The molecule has 0 aliphatic heterocycles. The Bertz CT molecular complexity index is 616. The molecule has 0 saturated heterocycles. The molecule has 0 heterocycles. The molecule has 0 spiro atoms. The maximum Gasteiger partial charge on any atom is 0.128 e. The fourth-order valence-corrected chi connectivity index (χ4v) is 2.05. The van der Waals surface area contributed by atoms with Gasteiger partial charge in [0.1, 0.15) is 10.8 Å². The Kier molecular flexibility index (Phi) is 4.35. The lowest BCUT2D eigenvalue weighted by molar-refractivity contribution is 0.613. The lowest BCUT2D eigenvalue weighted by Gasteiger charge is -2.12. The summed E-state index contributed by atoms with van der Waals surface area (Å²) in [5, 5.41) is 3.67. The molecular formula is C14H12ClFN2S. The number of nitrogens with two attached hydrogens (primary N) is 1. The van der Waals surface area contributed by atoms with Crippen LogP contribution in [0, 0.1) is 5.82 Å². The highest BCUT2D eigenvalue weighted by Crippen LogP contribution is 2.21. The van der Waals surface area contributed by atoms with Gasteiger partial charge < -0.3 is 11.1 Å². The van der Waals surface area contributed by atoms with E-state index in [4.69, 9.17) is 29.6 Å². The average molecular weight is 295 g/mol. The number of rotatable bonds is 4. The number of thiocarbonyl (C=S) groups is 1. The summed E-state index contributed by atoms with van der Waals surface area (Å²) in [6.45, 7) is 0.351. The van der Waals surface area contributed by atoms with Crippen LogP contribution < -0.4 is 11.1 Å². The fourth-order valence-electron chi connectivity index (χ4n) is 1.71. The summed E-state index contributed by atoms with van der Waals surface area (Å²) in [6, 6.07) is 11.8. The van der Waals surface area contributed by atoms with Crippen molar-refractivity contribution in [1.82, 2.24) is 0 Å². The standard InChI is InChI=1S/C14H12ClFN2S/c15-10-5-6-13(11(7-10)14(17)19)18-8-9-3-1-2-4-12(9)16/h1-7,18H,8H2,(H2,17,19). The van der Waals surface area contributed by atoms with Gasteiger partial charge >= 0.3 is 0 Å². The first-order valence-corrected chi connectivity index (χ1v) is 6.43. The van der Waals surface area contributed by atoms with E-state index >= 15 is 0 Å². The normalized spacial score (nSPS) is 10.2. The molecule has 0 fully saturated rings. The van der Waals surface area contributed by atoms with Crippen molar-refractivity contribution in [3.63, 3.8) is 0 Å². The van der Waals surface area contributed by atoms with Crippen LogP contribution in [0.2, 0.25) is 5.02 Å². The van der Waals surface area contributed by atoms with Crippen molar-refractivity contribution in [3.8, 4) is 0 Å². The molecular weight excluding hydrogens is 283 g/mol. The van der Waals surface area contributed by atoms with E-state index in [9.17, 15) is 4.39 Å². The molecule has 0 saturated carbocycles. The second-order valence-electron chi connectivity index (χ2n) is 4.00. The van der Waals surface area contributed by atoms with E-state index in [1.54, 1.807) is 36.4 Å². The maximum absolute atomic E-state index is 13.5. The molecule has 0 aromatic heterocycles. The molecule has 0 atom stereocenters. The third kappa shape index (κ3) is 3.43. The van der Waals surface area contributed by atoms with E-state index in [0.717, 1.165) is 5.69 Å². The lowest BCUT2D eigenvalue weighted by Crippen LogP contribution is -2.13. The van der Waals surface area contributed by atoms with Gasteiger partial charge in [0.05, 0.1) is 0 Å². The van der Waals surface area contributed by atoms with E-state index in [1.165, 1.54) is 6.07 Å². The summed E-state index contributed by atoms with van der Waals surface area (Å²) in [5.41, 5.74) is 7.60. The first kappa shape index (κ1) is 13.8. The second-order valence-corrected chi connectivity index (χ2v) is 4.88. The molecule has 2 aromatic carbocycles. The molecule has 2 nitrogen and oxygen atoms in total. The number of hydrogen-bond donors (Lipinski definition) is 2. The van der Waals surface area contributed by atoms with Gasteiger partial charge in [-0.15, -0.1) is 0 Å². The Morgan fingerprint density at radius 2 is 2.00 bits per heavy atom. The van der Waals surface area contributed by atoms with Crippen LogP contribution in [-0.4, -0.2) is 4.99 Å². The van der Waals surface area contributed by atoms with E-state index in [0.29, 0.717) is 22.7 Å². The molecule has 2 aromatic rings. The van der Waals surface area contributed by atoms with Gasteiger partial charge in [-0.2, -0.15) is 0 Å². The Labute approximate surface area is 121 Å². The summed E-state index contributed by atoms with van der Waals surface area (Å²) in [4.78, 5) is 0.249. The zero-order chi connectivity index (χ0) is 13.8. The monoisotopic (exact) mass is 294 g/mol. The maximum atomic E-state index is 13.5. The molecule has 2 rings (SSSR count). The molecule has 0 radical (unpaired) electrons. The van der Waals surface area contributed by atoms with Crippen LogP contribution in [0.3, 0.4) is 0 Å². The van der Waals surface area contributed by atoms with Crippen molar-refractivity contribution in [2.45, 2.75) is 6.54 Å². The Morgan fingerprint density at radius 3 is 2.68 bits per heavy atom. The van der Waals surface area contributed by atoms with Gasteiger partial charge in [0, 0.05) is 28.4 Å². The first-order valence-electron chi connectivity index (χ1n) is 5.64. The van der Waals surface area contributed by atoms with Gasteiger partial charge in [0.25, 0.3) is 0 Å². The highest BCUT2D eigenvalue weighted by atomic mass is 35.5. The van der Waals surface area contributed by atoms with Gasteiger partial charge in [0.15, 0.2) is 0 Å². The summed E-state index contributed by atoms with van der Waals surface area (Å²) >= 11 is 10.9. The predicted molar refractivity (Wildman–Crippen MR) is 81.1 cm³/mol. The number of anilines is 1. The highest BCUT2D eigenvalue weighted by molar-refractivity contribution is 7.80. The minimum atomic E-state index is -0.249. The number of nitrogens with one attached hydrogen (secondary N) is 1. The predicted octanol–water partition coefficient (Wildman–Crippen LogP) is 3.73. The van der Waals surface area contributed by atoms with Gasteiger partial charge in [-0.25, -0.2) is 4.39 Å². The molecule has 19 heavy (non-hydrogen) atoms. The molecule has 5 heteroatoms. The minimum Gasteiger partial charge on any atom is -0.389 e. The topological polar surface area (TPSA) is 38.0 Å². The van der Waals surface area contributed by atoms with Crippen LogP contribution in [0.5, 0.6) is 0 Å². The smallest absolute Gasteiger partial charge is 0.128 e. The van der Waals surface area contributed by atoms with Crippen LogP contribution in [0.4, 0.5) is 10.1 Å². The molecule has 0 aliphatic carbocycles. The molecule has 3 N–H and O–H groups in total. The van der Waals surface area contributed by atoms with Crippen LogP contribution in [0.15, 0.2) is 42.5 Å². The largest absolute Gasteiger partial charge is 0.389 e. The van der Waals surface area contributed by atoms with Crippen molar-refractivity contribution in [1.29, 1.82) is 0 Å². The summed E-state index contributed by atoms with van der Waals surface area (Å²) in [7, 11) is 0. The molecule has 0 amide bonds. The Hall–Kier alpha value is -1.65.